The van der Waals surface area contributed by atoms with Crippen LogP contribution < -0.4 is 20.1 Å². The fraction of sp³-hybridized carbons (Fsp3) is 0.259. The summed E-state index contributed by atoms with van der Waals surface area (Å²) in [7, 11) is 3.16. The Hall–Kier alpha value is -4.00. The van der Waals surface area contributed by atoms with Crippen LogP contribution in [0.25, 0.3) is 11.1 Å². The maximum atomic E-state index is 12.7. The van der Waals surface area contributed by atoms with Crippen LogP contribution in [0.1, 0.15) is 36.1 Å². The van der Waals surface area contributed by atoms with Crippen LogP contribution in [0.15, 0.2) is 66.7 Å². The Morgan fingerprint density at radius 2 is 1.68 bits per heavy atom. The van der Waals surface area contributed by atoms with Crippen LogP contribution in [0, 0.1) is 0 Å². The molecule has 0 aliphatic heterocycles. The second-order valence-corrected chi connectivity index (χ2v) is 7.83. The highest BCUT2D eigenvalue weighted by Crippen LogP contribution is 2.38. The van der Waals surface area contributed by atoms with Crippen LogP contribution >= 0.6 is 0 Å². The van der Waals surface area contributed by atoms with Crippen molar-refractivity contribution in [3.63, 3.8) is 0 Å². The molecular weight excluding hydrogens is 432 g/mol. The molecule has 7 heteroatoms. The summed E-state index contributed by atoms with van der Waals surface area (Å²) in [6, 6.07) is 20.1. The van der Waals surface area contributed by atoms with Crippen molar-refractivity contribution in [1.82, 2.24) is 10.6 Å². The maximum Gasteiger partial charge on any atom is 0.315 e. The third-order valence-corrected chi connectivity index (χ3v) is 5.55. The van der Waals surface area contributed by atoms with Gasteiger partial charge < -0.3 is 25.2 Å². The number of urea groups is 1. The highest BCUT2D eigenvalue weighted by atomic mass is 16.5. The number of nitrogens with one attached hydrogen (secondary N) is 2. The smallest absolute Gasteiger partial charge is 0.315 e. The number of rotatable bonds is 10. The lowest BCUT2D eigenvalue weighted by Gasteiger charge is -2.23. The number of hydrogen-bond acceptors (Lipinski definition) is 4. The van der Waals surface area contributed by atoms with Gasteiger partial charge in [0.2, 0.25) is 0 Å². The van der Waals surface area contributed by atoms with E-state index in [1.54, 1.807) is 26.4 Å². The molecule has 0 spiro atoms. The summed E-state index contributed by atoms with van der Waals surface area (Å²) in [6.45, 7) is 2.41. The lowest BCUT2D eigenvalue weighted by molar-refractivity contribution is -0.136. The van der Waals surface area contributed by atoms with Gasteiger partial charge in [-0.2, -0.15) is 0 Å². The fourth-order valence-electron chi connectivity index (χ4n) is 3.84. The first-order valence-corrected chi connectivity index (χ1v) is 11.1. The third kappa shape index (κ3) is 6.28. The summed E-state index contributed by atoms with van der Waals surface area (Å²) in [6.07, 6.45) is 0.545. The summed E-state index contributed by atoms with van der Waals surface area (Å²) in [5, 5.41) is 15.2. The number of carbonyl (C=O) groups is 2. The van der Waals surface area contributed by atoms with Crippen LogP contribution in [0.5, 0.6) is 11.5 Å². The number of amides is 2. The molecular formula is C27H30N2O5. The monoisotopic (exact) mass is 462 g/mol. The highest BCUT2D eigenvalue weighted by Gasteiger charge is 2.20. The van der Waals surface area contributed by atoms with Crippen molar-refractivity contribution in [2.24, 2.45) is 0 Å². The number of benzene rings is 3. The molecule has 1 unspecified atom stereocenters. The minimum Gasteiger partial charge on any atom is -0.497 e. The zero-order chi connectivity index (χ0) is 24.5. The van der Waals surface area contributed by atoms with E-state index in [1.165, 1.54) is 0 Å². The van der Waals surface area contributed by atoms with Crippen molar-refractivity contribution >= 4 is 12.0 Å². The van der Waals surface area contributed by atoms with Gasteiger partial charge in [-0.15, -0.1) is 0 Å². The molecule has 0 aromatic heterocycles. The quantitative estimate of drug-likeness (QED) is 0.396. The molecule has 0 bridgehead atoms. The molecule has 7 nitrogen and oxygen atoms in total. The first-order chi connectivity index (χ1) is 16.4. The van der Waals surface area contributed by atoms with E-state index in [0.29, 0.717) is 30.0 Å². The topological polar surface area (TPSA) is 96.9 Å². The summed E-state index contributed by atoms with van der Waals surface area (Å²) < 4.78 is 11.0. The summed E-state index contributed by atoms with van der Waals surface area (Å²) >= 11 is 0. The first kappa shape index (κ1) is 24.6. The van der Waals surface area contributed by atoms with Crippen molar-refractivity contribution in [2.75, 3.05) is 14.2 Å². The van der Waals surface area contributed by atoms with E-state index in [2.05, 4.69) is 10.6 Å². The van der Waals surface area contributed by atoms with E-state index in [0.717, 1.165) is 22.3 Å². The fourth-order valence-corrected chi connectivity index (χ4v) is 3.84. The number of hydrogen-bond donors (Lipinski definition) is 3. The van der Waals surface area contributed by atoms with Gasteiger partial charge >= 0.3 is 12.0 Å². The van der Waals surface area contributed by atoms with Crippen LogP contribution in [-0.2, 0) is 17.8 Å². The van der Waals surface area contributed by atoms with Gasteiger partial charge in [0.25, 0.3) is 0 Å². The number of carboxylic acids is 1. The van der Waals surface area contributed by atoms with Gasteiger partial charge in [0.15, 0.2) is 0 Å². The Balaban J connectivity index is 1.94. The molecule has 3 aromatic carbocycles. The standard InChI is InChI=1S/C27H30N2O5/c1-4-24(29-27(32)28-17-18-8-6-5-7-9-18)21-12-11-20(33-2)16-22(21)23-14-19(15-26(30)31)10-13-25(23)34-3/h5-14,16,24H,4,15,17H2,1-3H3,(H,30,31)(H2,28,29,32). The van der Waals surface area contributed by atoms with E-state index in [-0.39, 0.29) is 18.5 Å². The summed E-state index contributed by atoms with van der Waals surface area (Å²) in [5.41, 5.74) is 4.08. The van der Waals surface area contributed by atoms with Crippen molar-refractivity contribution in [3.8, 4) is 22.6 Å². The van der Waals surface area contributed by atoms with Crippen molar-refractivity contribution < 1.29 is 24.2 Å². The lowest BCUT2D eigenvalue weighted by Crippen LogP contribution is -2.37. The van der Waals surface area contributed by atoms with Crippen LogP contribution in [-0.4, -0.2) is 31.3 Å². The number of carbonyl (C=O) groups excluding carboxylic acids is 1. The van der Waals surface area contributed by atoms with E-state index < -0.39 is 5.97 Å². The molecule has 0 saturated carbocycles. The molecule has 1 atom stereocenters. The molecule has 0 aliphatic carbocycles. The second kappa shape index (κ2) is 11.7. The Labute approximate surface area is 199 Å². The average molecular weight is 463 g/mol. The summed E-state index contributed by atoms with van der Waals surface area (Å²) in [5.74, 6) is 0.338. The molecule has 34 heavy (non-hydrogen) atoms. The van der Waals surface area contributed by atoms with E-state index >= 15 is 0 Å². The van der Waals surface area contributed by atoms with Gasteiger partial charge in [0.05, 0.1) is 26.7 Å². The van der Waals surface area contributed by atoms with Gasteiger partial charge in [-0.25, -0.2) is 4.79 Å². The lowest BCUT2D eigenvalue weighted by atomic mass is 9.91. The average Bonchev–Trinajstić information content (AvgIpc) is 2.86. The number of ether oxygens (including phenoxy) is 2. The van der Waals surface area contributed by atoms with Gasteiger partial charge in [0.1, 0.15) is 11.5 Å². The van der Waals surface area contributed by atoms with Crippen molar-refractivity contribution in [2.45, 2.75) is 32.4 Å². The molecule has 178 valence electrons. The van der Waals surface area contributed by atoms with E-state index in [1.807, 2.05) is 61.5 Å². The molecule has 3 rings (SSSR count). The molecule has 3 N–H and O–H groups in total. The third-order valence-electron chi connectivity index (χ3n) is 5.55. The summed E-state index contributed by atoms with van der Waals surface area (Å²) in [4.78, 5) is 24.0. The van der Waals surface area contributed by atoms with E-state index in [4.69, 9.17) is 9.47 Å². The van der Waals surface area contributed by atoms with Gasteiger partial charge in [0, 0.05) is 12.1 Å². The number of aliphatic carboxylic acids is 1. The Kier molecular flexibility index (Phi) is 8.51. The van der Waals surface area contributed by atoms with Gasteiger partial charge in [-0.3, -0.25) is 4.79 Å². The van der Waals surface area contributed by atoms with Crippen LogP contribution in [0.4, 0.5) is 4.79 Å². The number of methoxy groups -OCH3 is 2. The molecule has 0 aliphatic rings. The largest absolute Gasteiger partial charge is 0.497 e. The molecule has 3 aromatic rings. The van der Waals surface area contributed by atoms with Crippen LogP contribution in [0.2, 0.25) is 0 Å². The molecule has 2 amide bonds. The van der Waals surface area contributed by atoms with Gasteiger partial charge in [-0.05, 0) is 52.9 Å². The van der Waals surface area contributed by atoms with Crippen molar-refractivity contribution in [1.29, 1.82) is 0 Å². The number of carboxylic acid groups (broad SMARTS) is 1. The minimum absolute atomic E-state index is 0.104. The zero-order valence-corrected chi connectivity index (χ0v) is 19.6. The van der Waals surface area contributed by atoms with Crippen LogP contribution in [0.3, 0.4) is 0 Å². The van der Waals surface area contributed by atoms with Gasteiger partial charge in [-0.1, -0.05) is 49.4 Å². The molecule has 0 saturated heterocycles. The van der Waals surface area contributed by atoms with E-state index in [9.17, 15) is 14.7 Å². The first-order valence-electron chi connectivity index (χ1n) is 11.1. The Bertz CT molecular complexity index is 1130. The SMILES string of the molecule is CCC(NC(=O)NCc1ccccc1)c1ccc(OC)cc1-c1cc(CC(=O)O)ccc1OC. The zero-order valence-electron chi connectivity index (χ0n) is 19.6. The Morgan fingerprint density at radius 3 is 2.32 bits per heavy atom. The van der Waals surface area contributed by atoms with Crippen molar-refractivity contribution in [3.05, 3.63) is 83.4 Å². The normalized spacial score (nSPS) is 11.4. The molecule has 0 radical (unpaired) electrons. The highest BCUT2D eigenvalue weighted by molar-refractivity contribution is 5.79. The maximum absolute atomic E-state index is 12.7. The minimum atomic E-state index is -0.912. The molecule has 0 fully saturated rings. The molecule has 0 heterocycles. The predicted molar refractivity (Wildman–Crippen MR) is 131 cm³/mol. The second-order valence-electron chi connectivity index (χ2n) is 7.83. The Morgan fingerprint density at radius 1 is 0.912 bits per heavy atom. The predicted octanol–water partition coefficient (Wildman–Crippen LogP) is 4.95.